The summed E-state index contributed by atoms with van der Waals surface area (Å²) in [6.45, 7) is 4.51. The minimum atomic E-state index is -0.814. The molecule has 2 aromatic carbocycles. The van der Waals surface area contributed by atoms with Gasteiger partial charge in [-0.15, -0.1) is 0 Å². The van der Waals surface area contributed by atoms with E-state index in [1.54, 1.807) is 32.2 Å². The van der Waals surface area contributed by atoms with Crippen molar-refractivity contribution in [2.75, 3.05) is 20.1 Å². The Hall–Kier alpha value is -2.81. The van der Waals surface area contributed by atoms with Gasteiger partial charge in [0.1, 0.15) is 23.9 Å². The molecule has 3 N–H and O–H groups in total. The van der Waals surface area contributed by atoms with Crippen molar-refractivity contribution in [1.29, 1.82) is 0 Å². The van der Waals surface area contributed by atoms with Gasteiger partial charge in [-0.2, -0.15) is 0 Å². The van der Waals surface area contributed by atoms with Crippen LogP contribution in [-0.4, -0.2) is 67.0 Å². The minimum Gasteiger partial charge on any atom is -0.489 e. The lowest BCUT2D eigenvalue weighted by molar-refractivity contribution is -0.141. The Balaban J connectivity index is 1.58. The van der Waals surface area contributed by atoms with Crippen molar-refractivity contribution in [3.8, 4) is 5.75 Å². The summed E-state index contributed by atoms with van der Waals surface area (Å²) in [5.74, 6) is 0.0865. The summed E-state index contributed by atoms with van der Waals surface area (Å²) < 4.78 is 6.25. The zero-order valence-corrected chi connectivity index (χ0v) is 24.7. The number of nitrogens with zero attached hydrogens (tertiary/aromatic N) is 1. The summed E-state index contributed by atoms with van der Waals surface area (Å²) in [6.07, 6.45) is 3.33. The van der Waals surface area contributed by atoms with Gasteiger partial charge in [0.05, 0.1) is 6.04 Å². The zero-order chi connectivity index (χ0) is 28.8. The third kappa shape index (κ3) is 8.12. The van der Waals surface area contributed by atoms with Crippen LogP contribution < -0.4 is 20.7 Å². The number of amides is 3. The van der Waals surface area contributed by atoms with Gasteiger partial charge in [-0.05, 0) is 80.8 Å². The number of nitrogens with one attached hydrogen (secondary N) is 3. The van der Waals surface area contributed by atoms with E-state index in [9.17, 15) is 14.4 Å². The smallest absolute Gasteiger partial charge is 0.243 e. The second kappa shape index (κ2) is 13.7. The first-order chi connectivity index (χ1) is 19.1. The highest BCUT2D eigenvalue weighted by Crippen LogP contribution is 2.34. The molecule has 3 amide bonds. The van der Waals surface area contributed by atoms with E-state index in [0.29, 0.717) is 48.1 Å². The molecule has 0 saturated heterocycles. The summed E-state index contributed by atoms with van der Waals surface area (Å²) in [5, 5.41) is 10.4. The van der Waals surface area contributed by atoms with Crippen molar-refractivity contribution >= 4 is 40.9 Å². The van der Waals surface area contributed by atoms with Crippen LogP contribution in [-0.2, 0) is 27.2 Å². The topological polar surface area (TPSA) is 99.8 Å². The molecule has 0 radical (unpaired) electrons. The molecule has 8 nitrogen and oxygen atoms in total. The Morgan fingerprint density at radius 1 is 0.975 bits per heavy atom. The second-order valence-corrected chi connectivity index (χ2v) is 11.7. The fourth-order valence-corrected chi connectivity index (χ4v) is 5.13. The maximum absolute atomic E-state index is 13.5. The average Bonchev–Trinajstić information content (AvgIpc) is 3.76. The molecule has 1 saturated carbocycles. The van der Waals surface area contributed by atoms with Crippen molar-refractivity contribution in [1.82, 2.24) is 20.9 Å². The van der Waals surface area contributed by atoms with Gasteiger partial charge < -0.3 is 25.6 Å². The van der Waals surface area contributed by atoms with E-state index in [2.05, 4.69) is 16.0 Å². The van der Waals surface area contributed by atoms with Crippen LogP contribution in [0.1, 0.15) is 44.2 Å². The van der Waals surface area contributed by atoms with Gasteiger partial charge >= 0.3 is 0 Å². The molecule has 0 aromatic heterocycles. The molecule has 2 aliphatic rings. The highest BCUT2D eigenvalue weighted by molar-refractivity contribution is 6.31. The van der Waals surface area contributed by atoms with Crippen molar-refractivity contribution in [3.05, 3.63) is 63.6 Å². The maximum Gasteiger partial charge on any atom is 0.243 e. The normalized spacial score (nSPS) is 25.6. The molecule has 1 fully saturated rings. The van der Waals surface area contributed by atoms with Crippen LogP contribution in [0.5, 0.6) is 5.75 Å². The molecule has 1 aliphatic carbocycles. The van der Waals surface area contributed by atoms with E-state index < -0.39 is 18.1 Å². The largest absolute Gasteiger partial charge is 0.489 e. The molecule has 216 valence electrons. The Bertz CT molecular complexity index is 1200. The molecule has 4 rings (SSSR count). The number of halogens is 2. The minimum absolute atomic E-state index is 0.152. The fourth-order valence-electron chi connectivity index (χ4n) is 4.84. The van der Waals surface area contributed by atoms with Gasteiger partial charge in [0, 0.05) is 36.6 Å². The third-order valence-corrected chi connectivity index (χ3v) is 8.05. The Kier molecular flexibility index (Phi) is 10.3. The SMILES string of the molecule is C[C@@H]1CN[C@@H](C2CC2)C(=O)N(C)[C@H](C)C(=O)NC(Cc2ccc(Cl)cc2)C(=O)NCCCc2ccc(Cl)cc2O1. The van der Waals surface area contributed by atoms with Crippen LogP contribution in [0.2, 0.25) is 10.0 Å². The fraction of sp³-hybridized carbons (Fsp3) is 0.500. The molecule has 1 unspecified atom stereocenters. The lowest BCUT2D eigenvalue weighted by Gasteiger charge is -2.31. The standard InChI is InChI=1S/C30H38Cl2N4O4/c1-18-17-34-27(22-8-9-22)30(39)36(3)19(2)28(37)35-25(15-20-6-11-23(31)12-7-20)29(38)33-14-4-5-21-10-13-24(32)16-26(21)40-18/h6-7,10-13,16,18-19,22,25,27,34H,4-5,8-9,14-15,17H2,1-3H3,(H,33,38)(H,35,37)/t18-,19-,25?,27+/m1/s1. The van der Waals surface area contributed by atoms with Crippen LogP contribution in [0.15, 0.2) is 42.5 Å². The lowest BCUT2D eigenvalue weighted by atomic mass is 10.0. The quantitative estimate of drug-likeness (QED) is 0.507. The van der Waals surface area contributed by atoms with E-state index in [4.69, 9.17) is 27.9 Å². The Morgan fingerprint density at radius 3 is 2.38 bits per heavy atom. The summed E-state index contributed by atoms with van der Waals surface area (Å²) in [4.78, 5) is 41.6. The number of carbonyl (C=O) groups is 3. The number of benzene rings is 2. The van der Waals surface area contributed by atoms with Crippen LogP contribution in [0.25, 0.3) is 0 Å². The predicted octanol–water partition coefficient (Wildman–Crippen LogP) is 3.77. The van der Waals surface area contributed by atoms with Gasteiger partial charge in [0.2, 0.25) is 17.7 Å². The Morgan fingerprint density at radius 2 is 1.68 bits per heavy atom. The average molecular weight is 590 g/mol. The first-order valence-corrected chi connectivity index (χ1v) is 14.7. The number of rotatable bonds is 3. The number of fused-ring (bicyclic) bond motifs is 1. The van der Waals surface area contributed by atoms with Crippen molar-refractivity contribution in [3.63, 3.8) is 0 Å². The highest BCUT2D eigenvalue weighted by Gasteiger charge is 2.39. The van der Waals surface area contributed by atoms with Crippen molar-refractivity contribution in [2.24, 2.45) is 5.92 Å². The van der Waals surface area contributed by atoms with E-state index in [1.807, 2.05) is 31.2 Å². The number of likely N-dealkylation sites (N-methyl/N-ethyl adjacent to an activating group) is 1. The first kappa shape index (κ1) is 30.2. The number of hydrogen-bond acceptors (Lipinski definition) is 5. The van der Waals surface area contributed by atoms with E-state index in [0.717, 1.165) is 24.0 Å². The lowest BCUT2D eigenvalue weighted by Crippen LogP contribution is -2.57. The monoisotopic (exact) mass is 588 g/mol. The van der Waals surface area contributed by atoms with Crippen molar-refractivity contribution < 1.29 is 19.1 Å². The van der Waals surface area contributed by atoms with Crippen LogP contribution >= 0.6 is 23.2 Å². The van der Waals surface area contributed by atoms with E-state index in [1.165, 1.54) is 4.90 Å². The number of hydrogen-bond donors (Lipinski definition) is 3. The predicted molar refractivity (Wildman–Crippen MR) is 157 cm³/mol. The number of carbonyl (C=O) groups excluding carboxylic acids is 3. The summed E-state index contributed by atoms with van der Waals surface area (Å²) in [5.41, 5.74) is 1.85. The Labute approximate surface area is 246 Å². The second-order valence-electron chi connectivity index (χ2n) is 10.8. The van der Waals surface area contributed by atoms with Gasteiger partial charge in [-0.1, -0.05) is 41.4 Å². The maximum atomic E-state index is 13.5. The molecule has 10 heteroatoms. The van der Waals surface area contributed by atoms with Crippen LogP contribution in [0.4, 0.5) is 0 Å². The molecule has 0 bridgehead atoms. The van der Waals surface area contributed by atoms with Crippen molar-refractivity contribution in [2.45, 2.75) is 70.2 Å². The molecular formula is C30H38Cl2N4O4. The molecule has 4 atom stereocenters. The molecule has 1 heterocycles. The van der Waals surface area contributed by atoms with Gasteiger partial charge in [0.15, 0.2) is 0 Å². The molecule has 40 heavy (non-hydrogen) atoms. The summed E-state index contributed by atoms with van der Waals surface area (Å²) in [6, 6.07) is 10.8. The molecular weight excluding hydrogens is 551 g/mol. The number of ether oxygens (including phenoxy) is 1. The number of aryl methyl sites for hydroxylation is 1. The van der Waals surface area contributed by atoms with Gasteiger partial charge in [-0.25, -0.2) is 0 Å². The van der Waals surface area contributed by atoms with Crippen LogP contribution in [0, 0.1) is 5.92 Å². The zero-order valence-electron chi connectivity index (χ0n) is 23.2. The molecule has 2 aromatic rings. The third-order valence-electron chi connectivity index (χ3n) is 7.56. The summed E-state index contributed by atoms with van der Waals surface area (Å²) >= 11 is 12.3. The van der Waals surface area contributed by atoms with E-state index in [-0.39, 0.29) is 29.7 Å². The molecule has 0 spiro atoms. The van der Waals surface area contributed by atoms with Gasteiger partial charge in [-0.3, -0.25) is 14.4 Å². The van der Waals surface area contributed by atoms with Gasteiger partial charge in [0.25, 0.3) is 0 Å². The summed E-state index contributed by atoms with van der Waals surface area (Å²) in [7, 11) is 1.63. The van der Waals surface area contributed by atoms with E-state index >= 15 is 0 Å². The van der Waals surface area contributed by atoms with Crippen LogP contribution in [0.3, 0.4) is 0 Å². The first-order valence-electron chi connectivity index (χ1n) is 13.9. The molecule has 1 aliphatic heterocycles. The highest BCUT2D eigenvalue weighted by atomic mass is 35.5.